The van der Waals surface area contributed by atoms with Gasteiger partial charge < -0.3 is 4.90 Å². The van der Waals surface area contributed by atoms with Crippen molar-refractivity contribution in [2.75, 3.05) is 18.5 Å². The lowest BCUT2D eigenvalue weighted by atomic mass is 10.3. The number of rotatable bonds is 3. The number of halogens is 2. The van der Waals surface area contributed by atoms with Gasteiger partial charge in [0, 0.05) is 13.6 Å². The molecule has 0 aliphatic carbocycles. The van der Waals surface area contributed by atoms with Crippen molar-refractivity contribution in [2.24, 2.45) is 0 Å². The standard InChI is InChI=1S/C10H10Cl2N2/c1-14(7-3-6-13)10-8(11)4-2-5-9(10)12/h2,4-5H,3,7H2,1H3. The molecule has 0 aliphatic rings. The number of para-hydroxylation sites is 1. The van der Waals surface area contributed by atoms with Crippen molar-refractivity contribution in [3.05, 3.63) is 28.2 Å². The maximum absolute atomic E-state index is 8.46. The quantitative estimate of drug-likeness (QED) is 0.794. The lowest BCUT2D eigenvalue weighted by Gasteiger charge is -2.20. The summed E-state index contributed by atoms with van der Waals surface area (Å²) < 4.78 is 0. The predicted molar refractivity (Wildman–Crippen MR) is 60.0 cm³/mol. The first-order valence-corrected chi connectivity index (χ1v) is 4.94. The summed E-state index contributed by atoms with van der Waals surface area (Å²) >= 11 is 12.0. The lowest BCUT2D eigenvalue weighted by molar-refractivity contribution is 0.905. The Balaban J connectivity index is 2.89. The molecule has 0 N–H and O–H groups in total. The summed E-state index contributed by atoms with van der Waals surface area (Å²) in [7, 11) is 1.87. The van der Waals surface area contributed by atoms with Gasteiger partial charge in [-0.15, -0.1) is 0 Å². The van der Waals surface area contributed by atoms with E-state index in [9.17, 15) is 0 Å². The van der Waals surface area contributed by atoms with Gasteiger partial charge in [-0.25, -0.2) is 0 Å². The summed E-state index contributed by atoms with van der Waals surface area (Å²) in [5, 5.41) is 9.68. The second-order valence-corrected chi connectivity index (χ2v) is 3.71. The first kappa shape index (κ1) is 11.2. The van der Waals surface area contributed by atoms with Crippen LogP contribution >= 0.6 is 23.2 Å². The number of hydrogen-bond acceptors (Lipinski definition) is 2. The Morgan fingerprint density at radius 2 is 1.93 bits per heavy atom. The molecule has 0 saturated carbocycles. The molecule has 0 radical (unpaired) electrons. The maximum atomic E-state index is 8.46. The fourth-order valence-electron chi connectivity index (χ4n) is 1.18. The van der Waals surface area contributed by atoms with Gasteiger partial charge in [0.1, 0.15) is 0 Å². The highest BCUT2D eigenvalue weighted by Crippen LogP contribution is 2.32. The summed E-state index contributed by atoms with van der Waals surface area (Å²) in [5.41, 5.74) is 0.783. The molecule has 1 aromatic carbocycles. The topological polar surface area (TPSA) is 27.0 Å². The van der Waals surface area contributed by atoms with Crippen molar-refractivity contribution in [2.45, 2.75) is 6.42 Å². The molecule has 0 spiro atoms. The van der Waals surface area contributed by atoms with E-state index in [-0.39, 0.29) is 0 Å². The lowest BCUT2D eigenvalue weighted by Crippen LogP contribution is -2.18. The van der Waals surface area contributed by atoms with Crippen LogP contribution in [0.25, 0.3) is 0 Å². The van der Waals surface area contributed by atoms with Crippen LogP contribution in [0.4, 0.5) is 5.69 Å². The Kier molecular flexibility index (Phi) is 4.06. The summed E-state index contributed by atoms with van der Waals surface area (Å²) in [6.07, 6.45) is 0.456. The Hall–Kier alpha value is -0.910. The van der Waals surface area contributed by atoms with Crippen molar-refractivity contribution in [1.29, 1.82) is 5.26 Å². The molecule has 1 rings (SSSR count). The first-order chi connectivity index (χ1) is 6.66. The van der Waals surface area contributed by atoms with Gasteiger partial charge in [0.05, 0.1) is 28.2 Å². The van der Waals surface area contributed by atoms with E-state index in [1.165, 1.54) is 0 Å². The van der Waals surface area contributed by atoms with Gasteiger partial charge in [-0.1, -0.05) is 29.3 Å². The van der Waals surface area contributed by atoms with E-state index >= 15 is 0 Å². The van der Waals surface area contributed by atoms with Crippen LogP contribution in [0.5, 0.6) is 0 Å². The third-order valence-electron chi connectivity index (χ3n) is 1.88. The second-order valence-electron chi connectivity index (χ2n) is 2.90. The number of nitriles is 1. The Labute approximate surface area is 93.7 Å². The highest BCUT2D eigenvalue weighted by molar-refractivity contribution is 6.39. The summed E-state index contributed by atoms with van der Waals surface area (Å²) in [6, 6.07) is 7.44. The van der Waals surface area contributed by atoms with Crippen molar-refractivity contribution in [3.8, 4) is 6.07 Å². The molecule has 4 heteroatoms. The minimum Gasteiger partial charge on any atom is -0.371 e. The Morgan fingerprint density at radius 1 is 1.36 bits per heavy atom. The van der Waals surface area contributed by atoms with E-state index in [4.69, 9.17) is 28.5 Å². The smallest absolute Gasteiger partial charge is 0.0742 e. The number of benzene rings is 1. The predicted octanol–water partition coefficient (Wildman–Crippen LogP) is 3.34. The van der Waals surface area contributed by atoms with Crippen LogP contribution in [0.15, 0.2) is 18.2 Å². The van der Waals surface area contributed by atoms with Gasteiger partial charge in [0.2, 0.25) is 0 Å². The molecule has 0 amide bonds. The average Bonchev–Trinajstić information content (AvgIpc) is 2.14. The SMILES string of the molecule is CN(CCC#N)c1c(Cl)cccc1Cl. The monoisotopic (exact) mass is 228 g/mol. The van der Waals surface area contributed by atoms with Gasteiger partial charge in [0.15, 0.2) is 0 Å². The Bertz CT molecular complexity index is 337. The van der Waals surface area contributed by atoms with E-state index in [1.54, 1.807) is 18.2 Å². The van der Waals surface area contributed by atoms with Crippen LogP contribution < -0.4 is 4.90 Å². The fourth-order valence-corrected chi connectivity index (χ4v) is 1.87. The van der Waals surface area contributed by atoms with Gasteiger partial charge in [-0.05, 0) is 12.1 Å². The number of hydrogen-bond donors (Lipinski definition) is 0. The van der Waals surface area contributed by atoms with Crippen molar-refractivity contribution < 1.29 is 0 Å². The second kappa shape index (κ2) is 5.09. The summed E-state index contributed by atoms with van der Waals surface area (Å²) in [4.78, 5) is 1.88. The van der Waals surface area contributed by atoms with Crippen molar-refractivity contribution >= 4 is 28.9 Å². The molecular formula is C10H10Cl2N2. The molecule has 1 aromatic rings. The molecule has 0 aliphatic heterocycles. The van der Waals surface area contributed by atoms with Crippen molar-refractivity contribution in [1.82, 2.24) is 0 Å². The normalized spacial score (nSPS) is 9.57. The molecule has 0 bridgehead atoms. The van der Waals surface area contributed by atoms with Crippen LogP contribution in [-0.4, -0.2) is 13.6 Å². The number of nitrogens with zero attached hydrogens (tertiary/aromatic N) is 2. The number of anilines is 1. The highest BCUT2D eigenvalue weighted by atomic mass is 35.5. The molecule has 0 heterocycles. The average molecular weight is 229 g/mol. The molecular weight excluding hydrogens is 219 g/mol. The van der Waals surface area contributed by atoms with Gasteiger partial charge in [-0.3, -0.25) is 0 Å². The van der Waals surface area contributed by atoms with E-state index in [2.05, 4.69) is 6.07 Å². The van der Waals surface area contributed by atoms with E-state index in [1.807, 2.05) is 11.9 Å². The Morgan fingerprint density at radius 3 is 2.43 bits per heavy atom. The molecule has 0 atom stereocenters. The van der Waals surface area contributed by atoms with Crippen LogP contribution in [0, 0.1) is 11.3 Å². The zero-order valence-electron chi connectivity index (χ0n) is 7.80. The zero-order valence-corrected chi connectivity index (χ0v) is 9.31. The van der Waals surface area contributed by atoms with Crippen LogP contribution in [-0.2, 0) is 0 Å². The van der Waals surface area contributed by atoms with E-state index in [0.717, 1.165) is 5.69 Å². The van der Waals surface area contributed by atoms with Gasteiger partial charge in [-0.2, -0.15) is 5.26 Å². The zero-order chi connectivity index (χ0) is 10.6. The fraction of sp³-hybridized carbons (Fsp3) is 0.300. The first-order valence-electron chi connectivity index (χ1n) is 4.19. The van der Waals surface area contributed by atoms with Crippen LogP contribution in [0.1, 0.15) is 6.42 Å². The maximum Gasteiger partial charge on any atom is 0.0742 e. The molecule has 0 aromatic heterocycles. The minimum absolute atomic E-state index is 0.456. The molecule has 0 saturated heterocycles. The highest BCUT2D eigenvalue weighted by Gasteiger charge is 2.09. The summed E-state index contributed by atoms with van der Waals surface area (Å²) in [5.74, 6) is 0. The molecule has 0 fully saturated rings. The van der Waals surface area contributed by atoms with Gasteiger partial charge >= 0.3 is 0 Å². The molecule has 2 nitrogen and oxygen atoms in total. The molecule has 74 valence electrons. The van der Waals surface area contributed by atoms with E-state index < -0.39 is 0 Å². The van der Waals surface area contributed by atoms with Crippen LogP contribution in [0.3, 0.4) is 0 Å². The largest absolute Gasteiger partial charge is 0.371 e. The summed E-state index contributed by atoms with van der Waals surface area (Å²) in [6.45, 7) is 0.625. The molecule has 14 heavy (non-hydrogen) atoms. The third kappa shape index (κ3) is 2.54. The molecule has 0 unspecified atom stereocenters. The van der Waals surface area contributed by atoms with Gasteiger partial charge in [0.25, 0.3) is 0 Å². The van der Waals surface area contributed by atoms with E-state index in [0.29, 0.717) is 23.0 Å². The minimum atomic E-state index is 0.456. The van der Waals surface area contributed by atoms with Crippen molar-refractivity contribution in [3.63, 3.8) is 0 Å². The third-order valence-corrected chi connectivity index (χ3v) is 2.49. The van der Waals surface area contributed by atoms with Crippen LogP contribution in [0.2, 0.25) is 10.0 Å².